The highest BCUT2D eigenvalue weighted by Gasteiger charge is 2.17. The van der Waals surface area contributed by atoms with E-state index in [1.165, 1.54) is 12.3 Å². The van der Waals surface area contributed by atoms with Crippen molar-refractivity contribution in [3.8, 4) is 5.75 Å². The zero-order chi connectivity index (χ0) is 15.7. The number of aromatic nitrogens is 2. The van der Waals surface area contributed by atoms with E-state index in [0.29, 0.717) is 5.69 Å². The molecular weight excluding hydrogens is 308 g/mol. The van der Waals surface area contributed by atoms with Crippen LogP contribution in [0.25, 0.3) is 10.9 Å². The van der Waals surface area contributed by atoms with Gasteiger partial charge < -0.3 is 5.11 Å². The number of H-pyrrole nitrogens is 1. The second-order valence-electron chi connectivity index (χ2n) is 4.52. The van der Waals surface area contributed by atoms with Crippen molar-refractivity contribution < 1.29 is 10.0 Å². The normalized spacial score (nSPS) is 11.3. The first kappa shape index (κ1) is 14.0. The van der Waals surface area contributed by atoms with Gasteiger partial charge >= 0.3 is 5.69 Å². The summed E-state index contributed by atoms with van der Waals surface area (Å²) in [4.78, 5) is 14.4. The molecule has 0 spiro atoms. The van der Waals surface area contributed by atoms with Gasteiger partial charge in [-0.3, -0.25) is 20.2 Å². The van der Waals surface area contributed by atoms with Crippen LogP contribution in [0.2, 0.25) is 5.02 Å². The fourth-order valence-corrected chi connectivity index (χ4v) is 2.22. The smallest absolute Gasteiger partial charge is 0.312 e. The first-order valence-corrected chi connectivity index (χ1v) is 6.56. The number of nitrogens with one attached hydrogen (secondary N) is 1. The van der Waals surface area contributed by atoms with Gasteiger partial charge in [-0.1, -0.05) is 11.6 Å². The maximum Gasteiger partial charge on any atom is 0.312 e. The lowest BCUT2D eigenvalue weighted by atomic mass is 10.2. The fraction of sp³-hybridized carbons (Fsp3) is 0. The van der Waals surface area contributed by atoms with Gasteiger partial charge in [0.15, 0.2) is 0 Å². The molecule has 7 nitrogen and oxygen atoms in total. The molecule has 8 heteroatoms. The number of halogens is 1. The summed E-state index contributed by atoms with van der Waals surface area (Å²) >= 11 is 5.82. The molecular formula is C14H9ClN4O3. The number of aromatic hydroxyl groups is 1. The van der Waals surface area contributed by atoms with Crippen molar-refractivity contribution in [3.63, 3.8) is 0 Å². The average molecular weight is 317 g/mol. The Morgan fingerprint density at radius 2 is 2.18 bits per heavy atom. The number of phenols is 1. The van der Waals surface area contributed by atoms with Gasteiger partial charge in [0.05, 0.1) is 22.3 Å². The molecule has 2 N–H and O–H groups in total. The third-order valence-corrected chi connectivity index (χ3v) is 3.28. The van der Waals surface area contributed by atoms with E-state index in [1.54, 1.807) is 18.3 Å². The number of fused-ring (bicyclic) bond motifs is 1. The molecule has 0 aliphatic rings. The van der Waals surface area contributed by atoms with E-state index in [1.807, 2.05) is 6.07 Å². The summed E-state index contributed by atoms with van der Waals surface area (Å²) in [6, 6.07) is 7.86. The molecule has 22 heavy (non-hydrogen) atoms. The maximum atomic E-state index is 10.8. The van der Waals surface area contributed by atoms with Gasteiger partial charge in [-0.25, -0.2) is 0 Å². The number of nitro benzene ring substituents is 1. The first-order valence-electron chi connectivity index (χ1n) is 6.19. The quantitative estimate of drug-likeness (QED) is 0.437. The minimum atomic E-state index is -0.698. The molecule has 110 valence electrons. The van der Waals surface area contributed by atoms with E-state index >= 15 is 0 Å². The van der Waals surface area contributed by atoms with Crippen molar-refractivity contribution in [1.82, 2.24) is 10.2 Å². The van der Waals surface area contributed by atoms with Crippen molar-refractivity contribution in [2.75, 3.05) is 0 Å². The van der Waals surface area contributed by atoms with Gasteiger partial charge in [-0.2, -0.15) is 5.10 Å². The number of aromatic amines is 1. The summed E-state index contributed by atoms with van der Waals surface area (Å²) in [7, 11) is 0. The molecule has 0 atom stereocenters. The van der Waals surface area contributed by atoms with E-state index < -0.39 is 16.4 Å². The molecule has 2 aromatic carbocycles. The SMILES string of the molecule is O=[N+]([O-])c1cc(Cl)cc(C=Nc2ccc3[nH]ncc3c2)c1O. The van der Waals surface area contributed by atoms with Crippen LogP contribution < -0.4 is 0 Å². The Bertz CT molecular complexity index is 904. The van der Waals surface area contributed by atoms with Crippen LogP contribution in [0.4, 0.5) is 11.4 Å². The monoisotopic (exact) mass is 316 g/mol. The zero-order valence-corrected chi connectivity index (χ0v) is 11.8. The number of aliphatic imine (C=N–C) groups is 1. The predicted octanol–water partition coefficient (Wildman–Crippen LogP) is 3.58. The highest BCUT2D eigenvalue weighted by molar-refractivity contribution is 6.31. The van der Waals surface area contributed by atoms with Gasteiger partial charge in [0, 0.05) is 28.3 Å². The molecule has 0 bridgehead atoms. The summed E-state index contributed by atoms with van der Waals surface area (Å²) in [5.41, 5.74) is 1.21. The molecule has 3 aromatic rings. The largest absolute Gasteiger partial charge is 0.502 e. The molecule has 0 aliphatic heterocycles. The summed E-state index contributed by atoms with van der Waals surface area (Å²) in [6.45, 7) is 0. The lowest BCUT2D eigenvalue weighted by Crippen LogP contribution is -1.92. The van der Waals surface area contributed by atoms with Crippen LogP contribution in [-0.2, 0) is 0 Å². The van der Waals surface area contributed by atoms with Gasteiger partial charge in [-0.05, 0) is 24.3 Å². The van der Waals surface area contributed by atoms with Crippen molar-refractivity contribution in [2.24, 2.45) is 4.99 Å². The van der Waals surface area contributed by atoms with Crippen LogP contribution >= 0.6 is 11.6 Å². The van der Waals surface area contributed by atoms with E-state index in [0.717, 1.165) is 17.0 Å². The third kappa shape index (κ3) is 2.61. The number of hydrogen-bond donors (Lipinski definition) is 2. The van der Waals surface area contributed by atoms with Crippen molar-refractivity contribution in [1.29, 1.82) is 0 Å². The van der Waals surface area contributed by atoms with Crippen molar-refractivity contribution in [2.45, 2.75) is 0 Å². The van der Waals surface area contributed by atoms with Gasteiger partial charge in [0.1, 0.15) is 0 Å². The second kappa shape index (κ2) is 5.45. The molecule has 0 saturated heterocycles. The molecule has 0 fully saturated rings. The summed E-state index contributed by atoms with van der Waals surface area (Å²) < 4.78 is 0. The molecule has 0 aliphatic carbocycles. The Morgan fingerprint density at radius 3 is 2.95 bits per heavy atom. The molecule has 1 heterocycles. The second-order valence-corrected chi connectivity index (χ2v) is 4.96. The van der Waals surface area contributed by atoms with E-state index in [4.69, 9.17) is 11.6 Å². The lowest BCUT2D eigenvalue weighted by Gasteiger charge is -2.01. The van der Waals surface area contributed by atoms with Crippen LogP contribution in [0.1, 0.15) is 5.56 Å². The predicted molar refractivity (Wildman–Crippen MR) is 83.1 cm³/mol. The summed E-state index contributed by atoms with van der Waals surface area (Å²) in [5.74, 6) is -0.470. The Labute approximate surface area is 129 Å². The summed E-state index contributed by atoms with van der Waals surface area (Å²) in [5, 5.41) is 28.5. The molecule has 0 radical (unpaired) electrons. The number of rotatable bonds is 3. The highest BCUT2D eigenvalue weighted by Crippen LogP contribution is 2.32. The third-order valence-electron chi connectivity index (χ3n) is 3.06. The minimum Gasteiger partial charge on any atom is -0.502 e. The highest BCUT2D eigenvalue weighted by atomic mass is 35.5. The number of hydrogen-bond acceptors (Lipinski definition) is 5. The molecule has 3 rings (SSSR count). The Morgan fingerprint density at radius 1 is 1.36 bits per heavy atom. The number of nitro groups is 1. The Kier molecular flexibility index (Phi) is 3.48. The van der Waals surface area contributed by atoms with Crippen LogP contribution in [0.3, 0.4) is 0 Å². The van der Waals surface area contributed by atoms with Crippen LogP contribution in [0, 0.1) is 10.1 Å². The van der Waals surface area contributed by atoms with Gasteiger partial charge in [0.2, 0.25) is 5.75 Å². The standard InChI is InChI=1S/C14H9ClN4O3/c15-10-3-9(14(20)13(5-10)19(21)22)6-16-11-1-2-12-8(4-11)7-17-18-12/h1-7,20H,(H,17,18). The average Bonchev–Trinajstić information content (AvgIpc) is 2.95. The maximum absolute atomic E-state index is 10.8. The molecule has 0 amide bonds. The van der Waals surface area contributed by atoms with E-state index in [9.17, 15) is 15.2 Å². The molecule has 0 saturated carbocycles. The van der Waals surface area contributed by atoms with Crippen LogP contribution in [0.15, 0.2) is 41.5 Å². The van der Waals surface area contributed by atoms with Crippen molar-refractivity contribution >= 4 is 40.1 Å². The first-order chi connectivity index (χ1) is 10.5. The topological polar surface area (TPSA) is 104 Å². The van der Waals surface area contributed by atoms with Crippen LogP contribution in [0.5, 0.6) is 5.75 Å². The van der Waals surface area contributed by atoms with Gasteiger partial charge in [-0.15, -0.1) is 0 Å². The van der Waals surface area contributed by atoms with E-state index in [-0.39, 0.29) is 10.6 Å². The van der Waals surface area contributed by atoms with Crippen LogP contribution in [-0.4, -0.2) is 26.4 Å². The Hall–Kier alpha value is -2.93. The summed E-state index contributed by atoms with van der Waals surface area (Å²) in [6.07, 6.45) is 2.99. The number of benzene rings is 2. The number of phenolic OH excluding ortho intramolecular Hbond substituents is 1. The zero-order valence-electron chi connectivity index (χ0n) is 11.0. The lowest BCUT2D eigenvalue weighted by molar-refractivity contribution is -0.385. The Balaban J connectivity index is 1.99. The van der Waals surface area contributed by atoms with Crippen molar-refractivity contribution in [3.05, 3.63) is 57.2 Å². The number of nitrogens with zero attached hydrogens (tertiary/aromatic N) is 3. The van der Waals surface area contributed by atoms with Gasteiger partial charge in [0.25, 0.3) is 0 Å². The fourth-order valence-electron chi connectivity index (χ4n) is 2.00. The minimum absolute atomic E-state index is 0.149. The molecule has 0 unspecified atom stereocenters. The molecule has 1 aromatic heterocycles. The van der Waals surface area contributed by atoms with E-state index in [2.05, 4.69) is 15.2 Å².